The Kier molecular flexibility index (Phi) is 5.95. The van der Waals surface area contributed by atoms with Gasteiger partial charge in [0.15, 0.2) is 0 Å². The third kappa shape index (κ3) is 4.28. The highest BCUT2D eigenvalue weighted by Gasteiger charge is 2.14. The lowest BCUT2D eigenvalue weighted by atomic mass is 10.1. The number of hydrogen-bond donors (Lipinski definition) is 1. The van der Waals surface area contributed by atoms with E-state index in [0.717, 1.165) is 0 Å². The minimum absolute atomic E-state index is 0.00116. The molecule has 2 heterocycles. The summed E-state index contributed by atoms with van der Waals surface area (Å²) in [6.07, 6.45) is 0. The second-order valence-electron chi connectivity index (χ2n) is 7.13. The Morgan fingerprint density at radius 1 is 0.647 bits per heavy atom. The molecule has 3 aromatic carbocycles. The van der Waals surface area contributed by atoms with E-state index in [1.807, 2.05) is 18.2 Å². The molecule has 0 fully saturated rings. The lowest BCUT2D eigenvalue weighted by Crippen LogP contribution is -2.17. The highest BCUT2D eigenvalue weighted by Crippen LogP contribution is 2.25. The SMILES string of the molecule is O=c1ccc2c([N+](=O)[O-])cccc2[nH]1.O=c1ccc2c([N+](=O)[O-])cccc2n1-c1ccccc1. The third-order valence-corrected chi connectivity index (χ3v) is 5.06. The maximum absolute atomic E-state index is 12.1. The second-order valence-corrected chi connectivity index (χ2v) is 7.13. The van der Waals surface area contributed by atoms with Crippen LogP contribution < -0.4 is 11.1 Å². The molecule has 168 valence electrons. The standard InChI is InChI=1S/C15H10N2O3.C9H6N2O3/c18-15-10-9-12-13(7-4-8-14(12)17(19)20)16(15)11-5-2-1-3-6-11;12-9-5-4-6-7(10-9)2-1-3-8(6)11(13)14/h1-10H;1-5H,(H,10,12). The van der Waals surface area contributed by atoms with E-state index in [1.54, 1.807) is 30.3 Å². The van der Waals surface area contributed by atoms with Gasteiger partial charge in [-0.2, -0.15) is 0 Å². The molecule has 0 aliphatic heterocycles. The number of fused-ring (bicyclic) bond motifs is 2. The highest BCUT2D eigenvalue weighted by molar-refractivity contribution is 5.89. The summed E-state index contributed by atoms with van der Waals surface area (Å²) in [4.78, 5) is 46.3. The van der Waals surface area contributed by atoms with Crippen LogP contribution in [0.3, 0.4) is 0 Å². The van der Waals surface area contributed by atoms with E-state index < -0.39 is 9.85 Å². The van der Waals surface area contributed by atoms with Gasteiger partial charge in [0.1, 0.15) is 0 Å². The van der Waals surface area contributed by atoms with Crippen LogP contribution in [-0.2, 0) is 0 Å². The third-order valence-electron chi connectivity index (χ3n) is 5.06. The average Bonchev–Trinajstić information content (AvgIpc) is 2.83. The van der Waals surface area contributed by atoms with E-state index in [9.17, 15) is 29.8 Å². The summed E-state index contributed by atoms with van der Waals surface area (Å²) >= 11 is 0. The summed E-state index contributed by atoms with van der Waals surface area (Å²) in [5, 5.41) is 22.6. The Morgan fingerprint density at radius 3 is 1.94 bits per heavy atom. The van der Waals surface area contributed by atoms with Crippen molar-refractivity contribution >= 4 is 33.2 Å². The van der Waals surface area contributed by atoms with Crippen LogP contribution in [0.2, 0.25) is 0 Å². The monoisotopic (exact) mass is 456 g/mol. The fraction of sp³-hybridized carbons (Fsp3) is 0. The largest absolute Gasteiger partial charge is 0.322 e. The molecule has 0 saturated heterocycles. The molecule has 10 heteroatoms. The minimum atomic E-state index is -0.472. The molecule has 34 heavy (non-hydrogen) atoms. The molecule has 5 aromatic rings. The van der Waals surface area contributed by atoms with Gasteiger partial charge in [0.25, 0.3) is 16.9 Å². The predicted octanol–water partition coefficient (Wildman–Crippen LogP) is 4.34. The van der Waals surface area contributed by atoms with Crippen molar-refractivity contribution in [2.45, 2.75) is 0 Å². The van der Waals surface area contributed by atoms with Crippen molar-refractivity contribution in [2.24, 2.45) is 0 Å². The Bertz CT molecular complexity index is 1660. The minimum Gasteiger partial charge on any atom is -0.322 e. The van der Waals surface area contributed by atoms with Crippen molar-refractivity contribution in [1.29, 1.82) is 0 Å². The van der Waals surface area contributed by atoms with Gasteiger partial charge in [0, 0.05) is 30.0 Å². The molecule has 2 aromatic heterocycles. The van der Waals surface area contributed by atoms with Gasteiger partial charge in [-0.05, 0) is 36.4 Å². The number of para-hydroxylation sites is 1. The topological polar surface area (TPSA) is 141 Å². The zero-order valence-corrected chi connectivity index (χ0v) is 17.5. The average molecular weight is 456 g/mol. The Hall–Kier alpha value is -5.12. The first-order valence-electron chi connectivity index (χ1n) is 9.98. The van der Waals surface area contributed by atoms with Crippen molar-refractivity contribution in [3.63, 3.8) is 0 Å². The number of nitrogens with one attached hydrogen (secondary N) is 1. The van der Waals surface area contributed by atoms with Crippen molar-refractivity contribution in [2.75, 3.05) is 0 Å². The molecule has 0 aliphatic carbocycles. The van der Waals surface area contributed by atoms with Gasteiger partial charge in [0.2, 0.25) is 5.56 Å². The number of benzene rings is 3. The fourth-order valence-corrected chi connectivity index (χ4v) is 3.59. The van der Waals surface area contributed by atoms with Crippen LogP contribution in [0.1, 0.15) is 0 Å². The van der Waals surface area contributed by atoms with E-state index in [2.05, 4.69) is 4.98 Å². The first kappa shape index (κ1) is 22.1. The number of aromatic nitrogens is 2. The summed E-state index contributed by atoms with van der Waals surface area (Å²) in [6, 6.07) is 23.9. The van der Waals surface area contributed by atoms with Crippen LogP contribution in [0, 0.1) is 20.2 Å². The summed E-state index contributed by atoms with van der Waals surface area (Å²) in [7, 11) is 0. The smallest absolute Gasteiger partial charge is 0.278 e. The Labute approximate surface area is 190 Å². The Balaban J connectivity index is 0.000000172. The molecule has 0 amide bonds. The van der Waals surface area contributed by atoms with Crippen LogP contribution in [0.5, 0.6) is 0 Å². The maximum atomic E-state index is 12.1. The number of rotatable bonds is 3. The van der Waals surface area contributed by atoms with Crippen LogP contribution >= 0.6 is 0 Å². The number of hydrogen-bond acceptors (Lipinski definition) is 6. The van der Waals surface area contributed by atoms with Gasteiger partial charge >= 0.3 is 0 Å². The molecule has 0 saturated carbocycles. The van der Waals surface area contributed by atoms with Crippen LogP contribution in [-0.4, -0.2) is 19.4 Å². The van der Waals surface area contributed by atoms with Crippen molar-refractivity contribution in [1.82, 2.24) is 9.55 Å². The molecule has 10 nitrogen and oxygen atoms in total. The van der Waals surface area contributed by atoms with E-state index in [4.69, 9.17) is 0 Å². The zero-order valence-electron chi connectivity index (χ0n) is 17.5. The number of pyridine rings is 2. The Morgan fingerprint density at radius 2 is 1.26 bits per heavy atom. The molecular weight excluding hydrogens is 440 g/mol. The first-order valence-corrected chi connectivity index (χ1v) is 9.98. The van der Waals surface area contributed by atoms with Gasteiger partial charge in [-0.1, -0.05) is 30.3 Å². The summed E-state index contributed by atoms with van der Waals surface area (Å²) in [5.41, 5.74) is 1.20. The second kappa shape index (κ2) is 9.17. The molecule has 0 spiro atoms. The van der Waals surface area contributed by atoms with E-state index in [1.165, 1.54) is 47.0 Å². The number of nitro groups is 2. The van der Waals surface area contributed by atoms with Crippen molar-refractivity contribution in [3.8, 4) is 5.69 Å². The van der Waals surface area contributed by atoms with Gasteiger partial charge in [0.05, 0.1) is 31.7 Å². The highest BCUT2D eigenvalue weighted by atomic mass is 16.6. The maximum Gasteiger partial charge on any atom is 0.278 e. The zero-order chi connectivity index (χ0) is 24.2. The van der Waals surface area contributed by atoms with E-state index in [0.29, 0.717) is 27.5 Å². The summed E-state index contributed by atoms with van der Waals surface area (Å²) < 4.78 is 1.47. The van der Waals surface area contributed by atoms with Gasteiger partial charge < -0.3 is 4.98 Å². The molecule has 0 radical (unpaired) electrons. The van der Waals surface area contributed by atoms with E-state index >= 15 is 0 Å². The van der Waals surface area contributed by atoms with Crippen LogP contribution in [0.4, 0.5) is 11.4 Å². The van der Waals surface area contributed by atoms with Gasteiger partial charge in [-0.15, -0.1) is 0 Å². The molecule has 0 unspecified atom stereocenters. The predicted molar refractivity (Wildman–Crippen MR) is 127 cm³/mol. The normalized spacial score (nSPS) is 10.5. The molecular formula is C24H16N4O6. The molecule has 1 N–H and O–H groups in total. The molecule has 0 atom stereocenters. The number of H-pyrrole nitrogens is 1. The van der Waals surface area contributed by atoms with Crippen molar-refractivity contribution < 1.29 is 9.85 Å². The summed E-state index contributed by atoms with van der Waals surface area (Å²) in [6.45, 7) is 0. The number of nitro benzene ring substituents is 2. The summed E-state index contributed by atoms with van der Waals surface area (Å²) in [5.74, 6) is 0. The number of non-ortho nitro benzene ring substituents is 2. The number of nitrogens with zero attached hydrogens (tertiary/aromatic N) is 3. The number of aromatic amines is 1. The van der Waals surface area contributed by atoms with Gasteiger partial charge in [-0.3, -0.25) is 34.4 Å². The van der Waals surface area contributed by atoms with Crippen LogP contribution in [0.25, 0.3) is 27.5 Å². The van der Waals surface area contributed by atoms with Crippen LogP contribution in [0.15, 0.2) is 101 Å². The molecule has 5 rings (SSSR count). The lowest BCUT2D eigenvalue weighted by molar-refractivity contribution is -0.383. The fourth-order valence-electron chi connectivity index (χ4n) is 3.59. The van der Waals surface area contributed by atoms with Gasteiger partial charge in [-0.25, -0.2) is 0 Å². The first-order chi connectivity index (χ1) is 16.4. The quantitative estimate of drug-likeness (QED) is 0.316. The molecule has 0 bridgehead atoms. The lowest BCUT2D eigenvalue weighted by Gasteiger charge is -2.09. The van der Waals surface area contributed by atoms with E-state index in [-0.39, 0.29) is 22.5 Å². The van der Waals surface area contributed by atoms with Crippen molar-refractivity contribution in [3.05, 3.63) is 132 Å². The molecule has 0 aliphatic rings.